The quantitative estimate of drug-likeness (QED) is 0.352. The van der Waals surface area contributed by atoms with Crippen LogP contribution in [0.25, 0.3) is 22.0 Å². The largest absolute Gasteiger partial charge is 0.481 e. The van der Waals surface area contributed by atoms with Gasteiger partial charge in [-0.1, -0.05) is 48.0 Å². The van der Waals surface area contributed by atoms with Gasteiger partial charge in [0.15, 0.2) is 0 Å². The van der Waals surface area contributed by atoms with Crippen molar-refractivity contribution in [3.8, 4) is 11.1 Å². The van der Waals surface area contributed by atoms with Crippen molar-refractivity contribution in [1.82, 2.24) is 15.0 Å². The van der Waals surface area contributed by atoms with Gasteiger partial charge in [-0.15, -0.1) is 0 Å². The molecular formula is C28H23ClN4O4. The van der Waals surface area contributed by atoms with E-state index in [9.17, 15) is 14.4 Å². The number of H-pyrrole nitrogens is 1. The van der Waals surface area contributed by atoms with Crippen molar-refractivity contribution in [2.75, 3.05) is 0 Å². The van der Waals surface area contributed by atoms with Gasteiger partial charge in [-0.3, -0.25) is 19.4 Å². The number of hydrogen-bond acceptors (Lipinski definition) is 5. The molecule has 0 spiro atoms. The summed E-state index contributed by atoms with van der Waals surface area (Å²) in [7, 11) is 0. The molecule has 0 bridgehead atoms. The van der Waals surface area contributed by atoms with E-state index in [1.165, 1.54) is 5.01 Å². The predicted octanol–water partition coefficient (Wildman–Crippen LogP) is 5.18. The van der Waals surface area contributed by atoms with E-state index in [4.69, 9.17) is 16.7 Å². The Morgan fingerprint density at radius 1 is 1.03 bits per heavy atom. The van der Waals surface area contributed by atoms with E-state index in [1.54, 1.807) is 30.5 Å². The number of amides is 1. The third-order valence-corrected chi connectivity index (χ3v) is 6.54. The number of fused-ring (bicyclic) bond motifs is 1. The number of rotatable bonds is 7. The van der Waals surface area contributed by atoms with Gasteiger partial charge in [0.1, 0.15) is 6.04 Å². The number of carbonyl (C=O) groups excluding carboxylic acids is 1. The molecule has 0 fully saturated rings. The van der Waals surface area contributed by atoms with Crippen molar-refractivity contribution < 1.29 is 14.7 Å². The molecule has 3 heterocycles. The van der Waals surface area contributed by atoms with Gasteiger partial charge in [0.05, 0.1) is 17.0 Å². The molecule has 1 atom stereocenters. The number of hydrogen-bond donors (Lipinski definition) is 2. The highest BCUT2D eigenvalue weighted by atomic mass is 35.5. The van der Waals surface area contributed by atoms with Crippen LogP contribution in [0.5, 0.6) is 0 Å². The summed E-state index contributed by atoms with van der Waals surface area (Å²) in [4.78, 5) is 45.0. The average molecular weight is 515 g/mol. The molecule has 0 saturated carbocycles. The standard InChI is InChI=1S/C28H23ClN4O4/c29-18-12-13-20-19(15-18)26(17-7-2-1-3-8-17)27(28(37)31-20)22-16-23(21-9-4-5-14-30-21)33(32-22)24(34)10-6-11-25(35)36/h1-5,7-9,12-15,23H,6,10-11,16H2,(H,31,37)(H,35,36). The number of carbonyl (C=O) groups is 2. The second kappa shape index (κ2) is 10.4. The van der Waals surface area contributed by atoms with Crippen LogP contribution in [-0.4, -0.2) is 37.7 Å². The smallest absolute Gasteiger partial charge is 0.303 e. The Hall–Kier alpha value is -4.30. The van der Waals surface area contributed by atoms with Crippen LogP contribution in [0.15, 0.2) is 82.8 Å². The van der Waals surface area contributed by atoms with Gasteiger partial charge in [-0.05, 0) is 42.3 Å². The van der Waals surface area contributed by atoms with E-state index in [0.717, 1.165) is 10.9 Å². The molecule has 0 saturated heterocycles. The van der Waals surface area contributed by atoms with E-state index in [2.05, 4.69) is 15.1 Å². The molecule has 2 aromatic heterocycles. The Labute approximate surface area is 217 Å². The number of nitrogens with one attached hydrogen (secondary N) is 1. The number of aliphatic carboxylic acids is 1. The minimum absolute atomic E-state index is 0.0155. The molecule has 9 heteroatoms. The van der Waals surface area contributed by atoms with Crippen molar-refractivity contribution in [2.45, 2.75) is 31.7 Å². The molecular weight excluding hydrogens is 492 g/mol. The number of hydrazone groups is 1. The van der Waals surface area contributed by atoms with Crippen molar-refractivity contribution in [3.63, 3.8) is 0 Å². The van der Waals surface area contributed by atoms with Crippen LogP contribution >= 0.6 is 11.6 Å². The normalized spacial score (nSPS) is 15.1. The summed E-state index contributed by atoms with van der Waals surface area (Å²) in [5.74, 6) is -1.29. The molecule has 1 unspecified atom stereocenters. The lowest BCUT2D eigenvalue weighted by molar-refractivity contribution is -0.137. The molecule has 186 valence electrons. The molecule has 37 heavy (non-hydrogen) atoms. The first-order chi connectivity index (χ1) is 17.9. The van der Waals surface area contributed by atoms with E-state index >= 15 is 0 Å². The molecule has 0 aliphatic carbocycles. The molecule has 5 rings (SSSR count). The molecule has 1 amide bonds. The lowest BCUT2D eigenvalue weighted by Crippen LogP contribution is -2.27. The first-order valence-corrected chi connectivity index (χ1v) is 12.2. The second-order valence-corrected chi connectivity index (χ2v) is 9.20. The minimum Gasteiger partial charge on any atom is -0.481 e. The Morgan fingerprint density at radius 2 is 1.81 bits per heavy atom. The molecule has 4 aromatic rings. The van der Waals surface area contributed by atoms with E-state index < -0.39 is 12.0 Å². The third-order valence-electron chi connectivity index (χ3n) is 6.30. The number of benzene rings is 2. The van der Waals surface area contributed by atoms with Crippen LogP contribution in [0.4, 0.5) is 0 Å². The summed E-state index contributed by atoms with van der Waals surface area (Å²) in [5, 5.41) is 16.3. The minimum atomic E-state index is -0.964. The van der Waals surface area contributed by atoms with Crippen molar-refractivity contribution in [3.05, 3.63) is 99.6 Å². The fourth-order valence-corrected chi connectivity index (χ4v) is 4.82. The van der Waals surface area contributed by atoms with Gasteiger partial charge >= 0.3 is 5.97 Å². The maximum atomic E-state index is 13.5. The van der Waals surface area contributed by atoms with Crippen LogP contribution in [0, 0.1) is 0 Å². The lowest BCUT2D eigenvalue weighted by atomic mass is 9.91. The number of carboxylic acid groups (broad SMARTS) is 1. The summed E-state index contributed by atoms with van der Waals surface area (Å²) in [6.45, 7) is 0. The van der Waals surface area contributed by atoms with Gasteiger partial charge in [0.25, 0.3) is 5.56 Å². The maximum Gasteiger partial charge on any atom is 0.303 e. The number of pyridine rings is 2. The van der Waals surface area contributed by atoms with E-state index in [-0.39, 0.29) is 37.1 Å². The van der Waals surface area contributed by atoms with Gasteiger partial charge in [-0.25, -0.2) is 5.01 Å². The zero-order valence-electron chi connectivity index (χ0n) is 19.7. The number of aromatic nitrogens is 2. The third kappa shape index (κ3) is 5.01. The highest BCUT2D eigenvalue weighted by molar-refractivity contribution is 6.31. The Balaban J connectivity index is 1.66. The van der Waals surface area contributed by atoms with Crippen LogP contribution in [-0.2, 0) is 9.59 Å². The van der Waals surface area contributed by atoms with Crippen molar-refractivity contribution in [2.24, 2.45) is 5.10 Å². The molecule has 1 aliphatic rings. The van der Waals surface area contributed by atoms with E-state index in [1.807, 2.05) is 42.5 Å². The topological polar surface area (TPSA) is 116 Å². The number of aromatic amines is 1. The summed E-state index contributed by atoms with van der Waals surface area (Å²) in [6.07, 6.45) is 2.00. The van der Waals surface area contributed by atoms with Gasteiger partial charge in [-0.2, -0.15) is 5.10 Å². The maximum absolute atomic E-state index is 13.5. The summed E-state index contributed by atoms with van der Waals surface area (Å²) >= 11 is 6.34. The van der Waals surface area contributed by atoms with Crippen molar-refractivity contribution >= 4 is 40.1 Å². The highest BCUT2D eigenvalue weighted by Crippen LogP contribution is 2.37. The Kier molecular flexibility index (Phi) is 6.83. The molecule has 2 N–H and O–H groups in total. The lowest BCUT2D eigenvalue weighted by Gasteiger charge is -2.21. The van der Waals surface area contributed by atoms with Crippen LogP contribution in [0.2, 0.25) is 5.02 Å². The van der Waals surface area contributed by atoms with E-state index in [0.29, 0.717) is 33.1 Å². The fraction of sp³-hybridized carbons (Fsp3) is 0.179. The molecule has 2 aromatic carbocycles. The summed E-state index contributed by atoms with van der Waals surface area (Å²) in [6, 6.07) is 19.7. The highest BCUT2D eigenvalue weighted by Gasteiger charge is 2.36. The monoisotopic (exact) mass is 514 g/mol. The summed E-state index contributed by atoms with van der Waals surface area (Å²) in [5.41, 5.74) is 3.26. The van der Waals surface area contributed by atoms with Gasteiger partial charge in [0.2, 0.25) is 5.91 Å². The van der Waals surface area contributed by atoms with Gasteiger partial charge in [0, 0.05) is 46.9 Å². The fourth-order valence-electron chi connectivity index (χ4n) is 4.65. The molecule has 1 aliphatic heterocycles. The number of carboxylic acids is 1. The van der Waals surface area contributed by atoms with Gasteiger partial charge < -0.3 is 10.1 Å². The van der Waals surface area contributed by atoms with Crippen LogP contribution in [0.1, 0.15) is 43.0 Å². The molecule has 8 nitrogen and oxygen atoms in total. The molecule has 0 radical (unpaired) electrons. The summed E-state index contributed by atoms with van der Waals surface area (Å²) < 4.78 is 0. The first-order valence-electron chi connectivity index (χ1n) is 11.9. The zero-order valence-corrected chi connectivity index (χ0v) is 20.5. The van der Waals surface area contributed by atoms with Crippen molar-refractivity contribution in [1.29, 1.82) is 0 Å². The second-order valence-electron chi connectivity index (χ2n) is 8.77. The SMILES string of the molecule is O=C(O)CCCC(=O)N1N=C(c2c(-c3ccccc3)c3cc(Cl)ccc3[nH]c2=O)CC1c1ccccn1. The first kappa shape index (κ1) is 24.4. The number of nitrogens with zero attached hydrogens (tertiary/aromatic N) is 3. The van der Waals surface area contributed by atoms with Crippen LogP contribution < -0.4 is 5.56 Å². The zero-order chi connectivity index (χ0) is 25.9. The van der Waals surface area contributed by atoms with Crippen LogP contribution in [0.3, 0.4) is 0 Å². The Morgan fingerprint density at radius 3 is 2.54 bits per heavy atom. The Bertz CT molecular complexity index is 1570. The number of halogens is 1. The average Bonchev–Trinajstić information content (AvgIpc) is 3.34. The predicted molar refractivity (Wildman–Crippen MR) is 141 cm³/mol.